The van der Waals surface area contributed by atoms with Gasteiger partial charge in [0.15, 0.2) is 0 Å². The zero-order valence-electron chi connectivity index (χ0n) is 11.3. The number of nitrogens with one attached hydrogen (secondary N) is 1. The van der Waals surface area contributed by atoms with E-state index in [1.165, 1.54) is 12.1 Å². The van der Waals surface area contributed by atoms with E-state index < -0.39 is 12.7 Å². The molecule has 0 radical (unpaired) electrons. The summed E-state index contributed by atoms with van der Waals surface area (Å²) in [5.74, 6) is -0.0892. The highest BCUT2D eigenvalue weighted by Crippen LogP contribution is 2.14. The van der Waals surface area contributed by atoms with E-state index in [1.54, 1.807) is 12.1 Å². The Morgan fingerprint density at radius 1 is 1.30 bits per heavy atom. The Bertz CT molecular complexity index is 413. The molecule has 114 valence electrons. The smallest absolute Gasteiger partial charge is 0.387 e. The Hall–Kier alpha value is -1.40. The molecule has 1 aromatic rings. The van der Waals surface area contributed by atoms with Crippen LogP contribution in [-0.4, -0.2) is 18.6 Å². The summed E-state index contributed by atoms with van der Waals surface area (Å²) in [5, 5.41) is 2.69. The van der Waals surface area contributed by atoms with E-state index in [1.807, 2.05) is 13.8 Å². The predicted octanol–water partition coefficient (Wildman–Crippen LogP) is 2.31. The van der Waals surface area contributed by atoms with Gasteiger partial charge in [-0.15, -0.1) is 12.4 Å². The molecule has 0 spiro atoms. The Morgan fingerprint density at radius 2 is 1.85 bits per heavy atom. The molecule has 0 unspecified atom stereocenters. The fourth-order valence-electron chi connectivity index (χ4n) is 1.40. The number of amides is 1. The quantitative estimate of drug-likeness (QED) is 0.847. The third-order valence-electron chi connectivity index (χ3n) is 2.64. The molecule has 0 aliphatic heterocycles. The van der Waals surface area contributed by atoms with Crippen LogP contribution in [0.15, 0.2) is 24.3 Å². The molecular weight excluding hydrogens is 290 g/mol. The maximum atomic E-state index is 11.9. The first-order chi connectivity index (χ1) is 8.90. The van der Waals surface area contributed by atoms with E-state index in [0.29, 0.717) is 6.54 Å². The van der Waals surface area contributed by atoms with Crippen molar-refractivity contribution in [3.8, 4) is 5.75 Å². The first kappa shape index (κ1) is 18.6. The van der Waals surface area contributed by atoms with Gasteiger partial charge in [0.1, 0.15) is 5.75 Å². The van der Waals surface area contributed by atoms with Gasteiger partial charge < -0.3 is 15.8 Å². The number of carbonyl (C=O) groups is 1. The normalized spacial score (nSPS) is 11.9. The van der Waals surface area contributed by atoms with E-state index >= 15 is 0 Å². The fraction of sp³-hybridized carbons (Fsp3) is 0.462. The summed E-state index contributed by atoms with van der Waals surface area (Å²) in [4.78, 5) is 11.6. The molecule has 7 heteroatoms. The van der Waals surface area contributed by atoms with Crippen molar-refractivity contribution >= 4 is 18.3 Å². The Labute approximate surface area is 123 Å². The predicted molar refractivity (Wildman–Crippen MR) is 75.0 cm³/mol. The minimum Gasteiger partial charge on any atom is -0.435 e. The molecule has 0 bridgehead atoms. The van der Waals surface area contributed by atoms with Gasteiger partial charge in [-0.25, -0.2) is 0 Å². The van der Waals surface area contributed by atoms with Crippen LogP contribution in [0.2, 0.25) is 0 Å². The number of halogens is 3. The lowest BCUT2D eigenvalue weighted by Crippen LogP contribution is -2.43. The number of alkyl halides is 2. The number of benzene rings is 1. The van der Waals surface area contributed by atoms with Crippen molar-refractivity contribution in [2.24, 2.45) is 11.7 Å². The van der Waals surface area contributed by atoms with Crippen molar-refractivity contribution in [1.82, 2.24) is 5.32 Å². The second-order valence-corrected chi connectivity index (χ2v) is 4.51. The van der Waals surface area contributed by atoms with Gasteiger partial charge in [-0.2, -0.15) is 8.78 Å². The van der Waals surface area contributed by atoms with Crippen LogP contribution in [0.4, 0.5) is 8.78 Å². The summed E-state index contributed by atoms with van der Waals surface area (Å²) >= 11 is 0. The molecule has 0 aliphatic rings. The molecule has 1 aromatic carbocycles. The van der Waals surface area contributed by atoms with Crippen LogP contribution >= 0.6 is 12.4 Å². The standard InChI is InChI=1S/C13H18F2N2O2.ClH/c1-8(2)11(16)12(18)17-7-9-3-5-10(6-4-9)19-13(14)15;/h3-6,8,11,13H,7,16H2,1-2H3,(H,17,18);1H/t11-;/m1./s1. The molecule has 0 fully saturated rings. The van der Waals surface area contributed by atoms with Gasteiger partial charge in [-0.05, 0) is 23.6 Å². The maximum Gasteiger partial charge on any atom is 0.387 e. The topological polar surface area (TPSA) is 64.4 Å². The van der Waals surface area contributed by atoms with E-state index in [2.05, 4.69) is 10.1 Å². The van der Waals surface area contributed by atoms with Gasteiger partial charge in [0.2, 0.25) is 5.91 Å². The molecule has 20 heavy (non-hydrogen) atoms. The van der Waals surface area contributed by atoms with Crippen LogP contribution in [0.5, 0.6) is 5.75 Å². The first-order valence-corrected chi connectivity index (χ1v) is 5.97. The minimum absolute atomic E-state index is 0. The number of carbonyl (C=O) groups excluding carboxylic acids is 1. The average Bonchev–Trinajstić information content (AvgIpc) is 2.35. The number of nitrogens with two attached hydrogens (primary N) is 1. The van der Waals surface area contributed by atoms with Crippen LogP contribution in [0.3, 0.4) is 0 Å². The number of rotatable bonds is 6. The number of hydrogen-bond donors (Lipinski definition) is 2. The van der Waals surface area contributed by atoms with Crippen LogP contribution < -0.4 is 15.8 Å². The lowest BCUT2D eigenvalue weighted by atomic mass is 10.0. The second kappa shape index (κ2) is 8.71. The monoisotopic (exact) mass is 308 g/mol. The van der Waals surface area contributed by atoms with Gasteiger partial charge in [-0.1, -0.05) is 26.0 Å². The third kappa shape index (κ3) is 6.16. The van der Waals surface area contributed by atoms with Gasteiger partial charge in [-0.3, -0.25) is 4.79 Å². The fourth-order valence-corrected chi connectivity index (χ4v) is 1.40. The summed E-state index contributed by atoms with van der Waals surface area (Å²) in [6.45, 7) is 1.19. The summed E-state index contributed by atoms with van der Waals surface area (Å²) < 4.78 is 28.1. The first-order valence-electron chi connectivity index (χ1n) is 5.97. The SMILES string of the molecule is CC(C)[C@@H](N)C(=O)NCc1ccc(OC(F)F)cc1.Cl. The van der Waals surface area contributed by atoms with Crippen LogP contribution in [0, 0.1) is 5.92 Å². The largest absolute Gasteiger partial charge is 0.435 e. The Balaban J connectivity index is 0.00000361. The highest BCUT2D eigenvalue weighted by atomic mass is 35.5. The molecular formula is C13H19ClF2N2O2. The van der Waals surface area contributed by atoms with Crippen molar-refractivity contribution in [1.29, 1.82) is 0 Å². The zero-order valence-corrected chi connectivity index (χ0v) is 12.1. The van der Waals surface area contributed by atoms with Crippen molar-refractivity contribution in [2.45, 2.75) is 33.0 Å². The highest BCUT2D eigenvalue weighted by molar-refractivity contribution is 5.85. The van der Waals surface area contributed by atoms with E-state index in [4.69, 9.17) is 5.73 Å². The Kier molecular flexibility index (Phi) is 8.10. The summed E-state index contributed by atoms with van der Waals surface area (Å²) in [7, 11) is 0. The summed E-state index contributed by atoms with van der Waals surface area (Å²) in [5.41, 5.74) is 6.47. The van der Waals surface area contributed by atoms with Gasteiger partial charge in [0, 0.05) is 6.54 Å². The molecule has 0 saturated carbocycles. The molecule has 0 heterocycles. The number of ether oxygens (including phenoxy) is 1. The molecule has 1 rings (SSSR count). The summed E-state index contributed by atoms with van der Waals surface area (Å²) in [6.07, 6.45) is 0. The number of hydrogen-bond acceptors (Lipinski definition) is 3. The zero-order chi connectivity index (χ0) is 14.4. The van der Waals surface area contributed by atoms with Gasteiger partial charge in [0.05, 0.1) is 6.04 Å². The molecule has 3 N–H and O–H groups in total. The van der Waals surface area contributed by atoms with E-state index in [-0.39, 0.29) is 30.0 Å². The Morgan fingerprint density at radius 3 is 2.30 bits per heavy atom. The lowest BCUT2D eigenvalue weighted by Gasteiger charge is -2.15. The lowest BCUT2D eigenvalue weighted by molar-refractivity contribution is -0.123. The van der Waals surface area contributed by atoms with E-state index in [9.17, 15) is 13.6 Å². The highest BCUT2D eigenvalue weighted by Gasteiger charge is 2.16. The molecule has 0 aliphatic carbocycles. The van der Waals surface area contributed by atoms with Crippen molar-refractivity contribution in [3.63, 3.8) is 0 Å². The molecule has 0 saturated heterocycles. The molecule has 0 aromatic heterocycles. The summed E-state index contributed by atoms with van der Waals surface area (Å²) in [6, 6.07) is 5.52. The van der Waals surface area contributed by atoms with Gasteiger partial charge in [0.25, 0.3) is 0 Å². The van der Waals surface area contributed by atoms with Crippen molar-refractivity contribution < 1.29 is 18.3 Å². The van der Waals surface area contributed by atoms with Crippen LogP contribution in [-0.2, 0) is 11.3 Å². The van der Waals surface area contributed by atoms with Crippen LogP contribution in [0.25, 0.3) is 0 Å². The average molecular weight is 309 g/mol. The molecule has 1 atom stereocenters. The third-order valence-corrected chi connectivity index (χ3v) is 2.64. The minimum atomic E-state index is -2.84. The second-order valence-electron chi connectivity index (χ2n) is 4.51. The molecule has 1 amide bonds. The van der Waals surface area contributed by atoms with E-state index in [0.717, 1.165) is 5.56 Å². The van der Waals surface area contributed by atoms with Crippen LogP contribution in [0.1, 0.15) is 19.4 Å². The van der Waals surface area contributed by atoms with Crippen molar-refractivity contribution in [3.05, 3.63) is 29.8 Å². The van der Waals surface area contributed by atoms with Crippen molar-refractivity contribution in [2.75, 3.05) is 0 Å². The van der Waals surface area contributed by atoms with Gasteiger partial charge >= 0.3 is 6.61 Å². The molecule has 4 nitrogen and oxygen atoms in total. The maximum absolute atomic E-state index is 11.9.